The van der Waals surface area contributed by atoms with Crippen molar-refractivity contribution in [3.8, 4) is 11.8 Å². The number of carbonyl (C=O) groups is 5. The van der Waals surface area contributed by atoms with Crippen LogP contribution in [0.2, 0.25) is 0 Å². The number of allylic oxidation sites excluding steroid dienone is 1. The summed E-state index contributed by atoms with van der Waals surface area (Å²) in [6.45, 7) is 0.195. The Morgan fingerprint density at radius 1 is 0.912 bits per heavy atom. The monoisotopic (exact) mass is 950 g/mol. The second-order valence-electron chi connectivity index (χ2n) is 19.7. The van der Waals surface area contributed by atoms with Gasteiger partial charge in [-0.3, -0.25) is 24.7 Å². The average molecular weight is 951 g/mol. The number of esters is 1. The van der Waals surface area contributed by atoms with E-state index in [1.165, 1.54) is 28.5 Å². The summed E-state index contributed by atoms with van der Waals surface area (Å²) < 4.78 is 6.96. The summed E-state index contributed by atoms with van der Waals surface area (Å²) >= 11 is 1.43. The molecular weight excluding hydrogens is 885 g/mol. The third-order valence-electron chi connectivity index (χ3n) is 15.7. The number of ether oxygens (including phenoxy) is 1. The second-order valence-corrected chi connectivity index (χ2v) is 20.8. The van der Waals surface area contributed by atoms with Crippen LogP contribution in [0, 0.1) is 28.6 Å². The molecule has 1 aromatic carbocycles. The number of hydrogen-bond donors (Lipinski definition) is 8. The summed E-state index contributed by atoms with van der Waals surface area (Å²) in [6, 6.07) is 10.3. The largest absolute Gasteiger partial charge is 0.480 e. The Morgan fingerprint density at radius 2 is 1.66 bits per heavy atom. The minimum Gasteiger partial charge on any atom is -0.480 e. The SMILES string of the molecule is CNCNC(CCC(=O)NC(CSC1C2=C3C(CCCCCC14CCCC4)CC(Cc1ccncc1)=C1C4(NC)CCC(C4)c4ccccc4CC#CC31C(=O)O2)C(=O)NC(O)C(=O)O)C(=O)O. The zero-order valence-electron chi connectivity index (χ0n) is 39.2. The first-order valence-corrected chi connectivity index (χ1v) is 25.5. The first-order chi connectivity index (χ1) is 32.8. The number of aromatic nitrogens is 1. The number of nitrogens with zero attached hydrogens (tertiary/aromatic N) is 1. The van der Waals surface area contributed by atoms with Crippen LogP contribution in [0.5, 0.6) is 0 Å². The van der Waals surface area contributed by atoms with Crippen LogP contribution in [0.1, 0.15) is 119 Å². The number of carboxylic acids is 2. The Hall–Kier alpha value is -5.05. The minimum atomic E-state index is -2.23. The number of nitrogens with one attached hydrogen (secondary N) is 5. The molecule has 2 heterocycles. The van der Waals surface area contributed by atoms with E-state index < -0.39 is 58.3 Å². The number of likely N-dealkylation sites (N-methyl/N-ethyl adjacent to an activating group) is 1. The maximum Gasteiger partial charge on any atom is 0.353 e. The topological polar surface area (TPSA) is 228 Å². The van der Waals surface area contributed by atoms with Gasteiger partial charge < -0.3 is 41.3 Å². The van der Waals surface area contributed by atoms with Gasteiger partial charge in [-0.2, -0.15) is 0 Å². The van der Waals surface area contributed by atoms with Crippen LogP contribution < -0.4 is 26.6 Å². The van der Waals surface area contributed by atoms with Gasteiger partial charge in [-0.05, 0) is 130 Å². The number of aliphatic hydroxyl groups is 1. The van der Waals surface area contributed by atoms with E-state index in [1.54, 1.807) is 7.05 Å². The first-order valence-electron chi connectivity index (χ1n) is 24.4. The van der Waals surface area contributed by atoms with Crippen LogP contribution in [0.3, 0.4) is 0 Å². The van der Waals surface area contributed by atoms with Gasteiger partial charge in [-0.25, -0.2) is 9.59 Å². The summed E-state index contributed by atoms with van der Waals surface area (Å²) in [6.07, 6.45) is 13.8. The fourth-order valence-electron chi connectivity index (χ4n) is 12.6. The Balaban J connectivity index is 1.27. The van der Waals surface area contributed by atoms with Crippen LogP contribution in [0.25, 0.3) is 0 Å². The van der Waals surface area contributed by atoms with E-state index in [4.69, 9.17) is 4.74 Å². The molecule has 68 heavy (non-hydrogen) atoms. The predicted octanol–water partition coefficient (Wildman–Crippen LogP) is 4.85. The average Bonchev–Trinajstić information content (AvgIpc) is 4.06. The standard InChI is InChI=1S/C52H66N6O9S/c1-53-31-56-38(47(62)63)15-16-40(59)57-39(45(60)58-46(61)48(64)65)30-68-44-42-41-34(12-4-3-7-20-50(44)21-8-9-22-50)28-36(27-32-18-25-55-26-19-32)43-51(54-2)24-17-35(29-51)37-14-6-5-11-33(37)13-10-23-52(41,43)49(66)67-42/h5-6,11,14,18-19,25-26,34-35,38-39,44,46,53-54,56,61H,3-4,7-9,12-13,15-17,20-22,24,27-31H2,1-2H3,(H,57,59)(H,58,60)(H,62,63)(H,64,65). The number of hydrogen-bond acceptors (Lipinski definition) is 12. The van der Waals surface area contributed by atoms with E-state index in [1.807, 2.05) is 31.6 Å². The maximum atomic E-state index is 15.8. The van der Waals surface area contributed by atoms with E-state index in [9.17, 15) is 34.5 Å². The van der Waals surface area contributed by atoms with E-state index in [0.29, 0.717) is 18.6 Å². The van der Waals surface area contributed by atoms with Crippen molar-refractivity contribution in [2.45, 2.75) is 144 Å². The van der Waals surface area contributed by atoms with Gasteiger partial charge in [0, 0.05) is 48.8 Å². The summed E-state index contributed by atoms with van der Waals surface area (Å²) in [5.74, 6) is 3.37. The molecule has 2 amide bonds. The fraction of sp³-hybridized carbons (Fsp3) is 0.577. The number of aliphatic carboxylic acids is 2. The van der Waals surface area contributed by atoms with Gasteiger partial charge in [-0.1, -0.05) is 73.8 Å². The highest BCUT2D eigenvalue weighted by atomic mass is 32.2. The Bertz CT molecular complexity index is 2370. The number of carbonyl (C=O) groups excluding carboxylic acids is 3. The second kappa shape index (κ2) is 21.3. The van der Waals surface area contributed by atoms with Crippen molar-refractivity contribution in [1.82, 2.24) is 31.6 Å². The number of fused-ring (bicyclic) bond motifs is 5. The van der Waals surface area contributed by atoms with Gasteiger partial charge >= 0.3 is 17.9 Å². The molecular formula is C52H66N6O9S. The van der Waals surface area contributed by atoms with Gasteiger partial charge in [0.2, 0.25) is 18.0 Å². The molecule has 2 bridgehead atoms. The van der Waals surface area contributed by atoms with E-state index >= 15 is 4.79 Å². The Kier molecular flexibility index (Phi) is 15.5. The van der Waals surface area contributed by atoms with Crippen LogP contribution in [0.15, 0.2) is 71.3 Å². The molecule has 8 N–H and O–H groups in total. The molecule has 8 unspecified atom stereocenters. The number of amides is 2. The summed E-state index contributed by atoms with van der Waals surface area (Å²) in [5.41, 5.74) is 4.44. The highest BCUT2D eigenvalue weighted by Gasteiger charge is 2.65. The number of benzene rings is 1. The molecule has 2 saturated carbocycles. The van der Waals surface area contributed by atoms with E-state index in [0.717, 1.165) is 100 Å². The molecule has 8 atom stereocenters. The quantitative estimate of drug-likeness (QED) is 0.0459. The number of thioether (sulfide) groups is 1. The number of aliphatic hydroxyl groups excluding tert-OH is 1. The van der Waals surface area contributed by atoms with Crippen molar-refractivity contribution in [3.63, 3.8) is 0 Å². The van der Waals surface area contributed by atoms with Crippen molar-refractivity contribution in [2.75, 3.05) is 26.5 Å². The normalized spacial score (nSPS) is 27.3. The van der Waals surface area contributed by atoms with Crippen LogP contribution in [-0.2, 0) is 41.6 Å². The summed E-state index contributed by atoms with van der Waals surface area (Å²) in [5, 5.41) is 43.5. The number of pyridine rings is 1. The van der Waals surface area contributed by atoms with Gasteiger partial charge in [0.25, 0.3) is 0 Å². The van der Waals surface area contributed by atoms with Gasteiger partial charge in [0.05, 0.1) is 5.25 Å². The lowest BCUT2D eigenvalue weighted by atomic mass is 9.55. The molecule has 6 aliphatic rings. The van der Waals surface area contributed by atoms with Gasteiger partial charge in [-0.15, -0.1) is 11.8 Å². The molecule has 2 aromatic rings. The fourth-order valence-corrected chi connectivity index (χ4v) is 14.2. The molecule has 1 aliphatic heterocycles. The maximum absolute atomic E-state index is 15.8. The predicted molar refractivity (Wildman–Crippen MR) is 257 cm³/mol. The number of rotatable bonds is 17. The third-order valence-corrected chi connectivity index (χ3v) is 17.3. The molecule has 1 aromatic heterocycles. The van der Waals surface area contributed by atoms with Crippen molar-refractivity contribution in [3.05, 3.63) is 88.0 Å². The lowest BCUT2D eigenvalue weighted by molar-refractivity contribution is -0.151. The molecule has 364 valence electrons. The molecule has 8 rings (SSSR count). The molecule has 15 nitrogen and oxygen atoms in total. The zero-order valence-corrected chi connectivity index (χ0v) is 40.0. The van der Waals surface area contributed by atoms with Crippen molar-refractivity contribution >= 4 is 41.5 Å². The third kappa shape index (κ3) is 9.87. The Morgan fingerprint density at radius 3 is 2.38 bits per heavy atom. The Labute approximate surface area is 402 Å². The molecule has 0 saturated heterocycles. The highest BCUT2D eigenvalue weighted by molar-refractivity contribution is 8.00. The highest BCUT2D eigenvalue weighted by Crippen LogP contribution is 2.65. The molecule has 16 heteroatoms. The van der Waals surface area contributed by atoms with Crippen LogP contribution >= 0.6 is 11.8 Å². The molecule has 5 aliphatic carbocycles. The van der Waals surface area contributed by atoms with E-state index in [2.05, 4.69) is 67.7 Å². The van der Waals surface area contributed by atoms with Crippen LogP contribution in [0.4, 0.5) is 0 Å². The molecule has 0 radical (unpaired) electrons. The zero-order chi connectivity index (χ0) is 48.1. The summed E-state index contributed by atoms with van der Waals surface area (Å²) in [7, 11) is 3.67. The smallest absolute Gasteiger partial charge is 0.353 e. The number of carboxylic acid groups (broad SMARTS) is 2. The van der Waals surface area contributed by atoms with Gasteiger partial charge in [0.1, 0.15) is 17.8 Å². The van der Waals surface area contributed by atoms with Crippen LogP contribution in [-0.4, -0.2) is 106 Å². The van der Waals surface area contributed by atoms with Crippen molar-refractivity contribution in [1.29, 1.82) is 0 Å². The summed E-state index contributed by atoms with van der Waals surface area (Å²) in [4.78, 5) is 71.4. The van der Waals surface area contributed by atoms with E-state index in [-0.39, 0.29) is 48.5 Å². The lowest BCUT2D eigenvalue weighted by Crippen LogP contribution is -2.53. The van der Waals surface area contributed by atoms with Gasteiger partial charge in [0.15, 0.2) is 5.41 Å². The first kappa shape index (κ1) is 49.4. The molecule has 2 fully saturated rings. The molecule has 2 spiro atoms. The van der Waals surface area contributed by atoms with Crippen molar-refractivity contribution in [2.24, 2.45) is 16.7 Å². The van der Waals surface area contributed by atoms with Crippen molar-refractivity contribution < 1.29 is 44.0 Å². The minimum absolute atomic E-state index is 0.0523. The lowest BCUT2D eigenvalue weighted by Gasteiger charge is -2.47.